The number of carbonyl (C=O) groups is 2. The van der Waals surface area contributed by atoms with Crippen LogP contribution in [0.4, 0.5) is 0 Å². The van der Waals surface area contributed by atoms with Crippen LogP contribution in [0.15, 0.2) is 46.8 Å². The molecule has 3 heteroatoms. The molecule has 0 N–H and O–H groups in total. The van der Waals surface area contributed by atoms with Gasteiger partial charge in [-0.1, -0.05) is 17.7 Å². The summed E-state index contributed by atoms with van der Waals surface area (Å²) >= 11 is 0. The van der Waals surface area contributed by atoms with Crippen molar-refractivity contribution in [2.24, 2.45) is 0 Å². The molecule has 1 aliphatic rings. The Bertz CT molecular complexity index is 756. The van der Waals surface area contributed by atoms with E-state index in [2.05, 4.69) is 0 Å². The Kier molecular flexibility index (Phi) is 3.57. The highest BCUT2D eigenvalue weighted by Gasteiger charge is 2.37. The van der Waals surface area contributed by atoms with E-state index in [0.29, 0.717) is 12.0 Å². The molecule has 1 heterocycles. The van der Waals surface area contributed by atoms with Gasteiger partial charge in [0.1, 0.15) is 5.92 Å². The summed E-state index contributed by atoms with van der Waals surface area (Å²) in [5.41, 5.74) is 5.48. The monoisotopic (exact) mass is 294 g/mol. The van der Waals surface area contributed by atoms with Gasteiger partial charge >= 0.3 is 0 Å². The van der Waals surface area contributed by atoms with E-state index >= 15 is 0 Å². The minimum Gasteiger partial charge on any atom is -0.472 e. The number of Topliss-reactive ketones (excluding diaryl/α,β-unsaturated/α-hetero) is 1. The average molecular weight is 294 g/mol. The maximum atomic E-state index is 12.7. The highest BCUT2D eigenvalue weighted by atomic mass is 16.3. The third kappa shape index (κ3) is 2.43. The Hall–Kier alpha value is -2.42. The molecule has 0 amide bonds. The van der Waals surface area contributed by atoms with Gasteiger partial charge in [-0.2, -0.15) is 0 Å². The molecule has 0 bridgehead atoms. The lowest BCUT2D eigenvalue weighted by Gasteiger charge is -2.16. The molecule has 0 radical (unpaired) electrons. The van der Waals surface area contributed by atoms with Crippen LogP contribution in [-0.2, 0) is 16.0 Å². The molecule has 0 saturated heterocycles. The zero-order valence-electron chi connectivity index (χ0n) is 13.0. The van der Waals surface area contributed by atoms with Crippen molar-refractivity contribution < 1.29 is 14.0 Å². The fraction of sp³-hybridized carbons (Fsp3) is 0.263. The Balaban J connectivity index is 1.95. The van der Waals surface area contributed by atoms with Crippen molar-refractivity contribution in [3.63, 3.8) is 0 Å². The zero-order chi connectivity index (χ0) is 15.9. The van der Waals surface area contributed by atoms with Crippen molar-refractivity contribution in [2.45, 2.75) is 33.1 Å². The maximum absolute atomic E-state index is 12.7. The zero-order valence-corrected chi connectivity index (χ0v) is 13.0. The van der Waals surface area contributed by atoms with Gasteiger partial charge < -0.3 is 4.42 Å². The molecule has 0 saturated carbocycles. The predicted octanol–water partition coefficient (Wildman–Crippen LogP) is 3.61. The third-order valence-electron chi connectivity index (χ3n) is 4.18. The Morgan fingerprint density at radius 1 is 1.09 bits per heavy atom. The van der Waals surface area contributed by atoms with Crippen molar-refractivity contribution in [1.82, 2.24) is 0 Å². The number of hydrogen-bond acceptors (Lipinski definition) is 3. The van der Waals surface area contributed by atoms with Crippen molar-refractivity contribution >= 4 is 11.6 Å². The first kappa shape index (κ1) is 14.5. The van der Waals surface area contributed by atoms with Crippen LogP contribution in [0.2, 0.25) is 0 Å². The normalized spacial score (nSPS) is 18.0. The Morgan fingerprint density at radius 3 is 2.36 bits per heavy atom. The number of allylic oxidation sites excluding steroid dienone is 2. The minimum atomic E-state index is -0.678. The summed E-state index contributed by atoms with van der Waals surface area (Å²) in [6.07, 6.45) is 5.12. The van der Waals surface area contributed by atoms with Gasteiger partial charge in [0.05, 0.1) is 12.5 Å². The van der Waals surface area contributed by atoms with Gasteiger partial charge in [-0.3, -0.25) is 9.59 Å². The summed E-state index contributed by atoms with van der Waals surface area (Å²) in [7, 11) is 0. The van der Waals surface area contributed by atoms with Gasteiger partial charge in [0.15, 0.2) is 11.6 Å². The number of rotatable bonds is 3. The highest BCUT2D eigenvalue weighted by Crippen LogP contribution is 2.34. The fourth-order valence-corrected chi connectivity index (χ4v) is 3.31. The molecule has 3 rings (SSSR count). The summed E-state index contributed by atoms with van der Waals surface area (Å²) < 4.78 is 5.03. The molecule has 2 aromatic rings. The van der Waals surface area contributed by atoms with Gasteiger partial charge in [-0.25, -0.2) is 0 Å². The van der Waals surface area contributed by atoms with E-state index in [4.69, 9.17) is 4.42 Å². The molecule has 1 aliphatic carbocycles. The number of hydrogen-bond donors (Lipinski definition) is 0. The molecule has 0 spiro atoms. The minimum absolute atomic E-state index is 0.0822. The molecule has 22 heavy (non-hydrogen) atoms. The Labute approximate surface area is 129 Å². The quantitative estimate of drug-likeness (QED) is 0.812. The van der Waals surface area contributed by atoms with Gasteiger partial charge in [-0.05, 0) is 55.2 Å². The van der Waals surface area contributed by atoms with Crippen molar-refractivity contribution in [2.75, 3.05) is 0 Å². The standard InChI is InChI=1S/C19H18O3/c1-11-6-12(2)17(13(3)7-11)18-16(20)9-15(19(18)21)8-14-4-5-22-10-14/h4-7,9-10,18H,8H2,1-3H3. The first-order chi connectivity index (χ1) is 10.5. The molecule has 1 aromatic heterocycles. The number of carbonyl (C=O) groups excluding carboxylic acids is 2. The SMILES string of the molecule is Cc1cc(C)c(C2C(=O)C=C(Cc3ccoc3)C2=O)c(C)c1. The smallest absolute Gasteiger partial charge is 0.174 e. The molecule has 0 aliphatic heterocycles. The first-order valence-electron chi connectivity index (χ1n) is 7.35. The van der Waals surface area contributed by atoms with Crippen LogP contribution in [0.25, 0.3) is 0 Å². The van der Waals surface area contributed by atoms with Crippen LogP contribution in [0.3, 0.4) is 0 Å². The van der Waals surface area contributed by atoms with E-state index in [1.807, 2.05) is 39.0 Å². The lowest BCUT2D eigenvalue weighted by Crippen LogP contribution is -2.18. The van der Waals surface area contributed by atoms with E-state index < -0.39 is 5.92 Å². The lowest BCUT2D eigenvalue weighted by molar-refractivity contribution is -0.122. The Morgan fingerprint density at radius 2 is 1.77 bits per heavy atom. The molecule has 0 fully saturated rings. The van der Waals surface area contributed by atoms with Crippen LogP contribution < -0.4 is 0 Å². The van der Waals surface area contributed by atoms with Gasteiger partial charge in [0.2, 0.25) is 0 Å². The lowest BCUT2D eigenvalue weighted by atomic mass is 9.85. The number of furan rings is 1. The molecule has 112 valence electrons. The number of ketones is 2. The fourth-order valence-electron chi connectivity index (χ4n) is 3.31. The van der Waals surface area contributed by atoms with Gasteiger partial charge in [0.25, 0.3) is 0 Å². The first-order valence-corrected chi connectivity index (χ1v) is 7.35. The molecule has 1 unspecified atom stereocenters. The molecular formula is C19H18O3. The van der Waals surface area contributed by atoms with Gasteiger partial charge in [0, 0.05) is 12.0 Å². The number of benzene rings is 1. The van der Waals surface area contributed by atoms with Crippen LogP contribution in [0.1, 0.15) is 33.7 Å². The number of aryl methyl sites for hydroxylation is 3. The summed E-state index contributed by atoms with van der Waals surface area (Å²) in [6, 6.07) is 5.86. The van der Waals surface area contributed by atoms with E-state index in [0.717, 1.165) is 27.8 Å². The van der Waals surface area contributed by atoms with Gasteiger partial charge in [-0.15, -0.1) is 0 Å². The van der Waals surface area contributed by atoms with Crippen molar-refractivity contribution in [3.8, 4) is 0 Å². The molecule has 1 aromatic carbocycles. The van der Waals surface area contributed by atoms with E-state index in [9.17, 15) is 9.59 Å². The van der Waals surface area contributed by atoms with E-state index in [-0.39, 0.29) is 11.6 Å². The van der Waals surface area contributed by atoms with Crippen molar-refractivity contribution in [3.05, 3.63) is 70.2 Å². The topological polar surface area (TPSA) is 47.3 Å². The third-order valence-corrected chi connectivity index (χ3v) is 4.18. The molecule has 1 atom stereocenters. The van der Waals surface area contributed by atoms with E-state index in [1.165, 1.54) is 6.08 Å². The summed E-state index contributed by atoms with van der Waals surface area (Å²) in [5.74, 6) is -0.873. The maximum Gasteiger partial charge on any atom is 0.174 e. The predicted molar refractivity (Wildman–Crippen MR) is 83.9 cm³/mol. The second-order valence-electron chi connectivity index (χ2n) is 5.99. The van der Waals surface area contributed by atoms with Crippen molar-refractivity contribution in [1.29, 1.82) is 0 Å². The highest BCUT2D eigenvalue weighted by molar-refractivity contribution is 6.25. The molecule has 3 nitrogen and oxygen atoms in total. The van der Waals surface area contributed by atoms with Crippen LogP contribution >= 0.6 is 0 Å². The molecular weight excluding hydrogens is 276 g/mol. The summed E-state index contributed by atoms with van der Waals surface area (Å²) in [4.78, 5) is 25.1. The second-order valence-corrected chi connectivity index (χ2v) is 5.99. The van der Waals surface area contributed by atoms with Crippen LogP contribution in [-0.4, -0.2) is 11.6 Å². The van der Waals surface area contributed by atoms with E-state index in [1.54, 1.807) is 12.5 Å². The van der Waals surface area contributed by atoms with Crippen LogP contribution in [0.5, 0.6) is 0 Å². The summed E-state index contributed by atoms with van der Waals surface area (Å²) in [6.45, 7) is 5.94. The average Bonchev–Trinajstić information content (AvgIpc) is 3.02. The summed E-state index contributed by atoms with van der Waals surface area (Å²) in [5, 5.41) is 0. The largest absolute Gasteiger partial charge is 0.472 e. The van der Waals surface area contributed by atoms with Crippen LogP contribution in [0, 0.1) is 20.8 Å². The second kappa shape index (κ2) is 5.41.